The van der Waals surface area contributed by atoms with Crippen LogP contribution in [0.4, 0.5) is 23.0 Å². The summed E-state index contributed by atoms with van der Waals surface area (Å²) in [6.45, 7) is 1.95. The van der Waals surface area contributed by atoms with Crippen LogP contribution >= 0.6 is 0 Å². The molecule has 0 radical (unpaired) electrons. The second-order valence-corrected chi connectivity index (χ2v) is 6.74. The van der Waals surface area contributed by atoms with E-state index in [1.165, 1.54) is 0 Å². The van der Waals surface area contributed by atoms with Gasteiger partial charge in [-0.2, -0.15) is 0 Å². The van der Waals surface area contributed by atoms with Gasteiger partial charge in [-0.15, -0.1) is 0 Å². The van der Waals surface area contributed by atoms with Gasteiger partial charge in [0.15, 0.2) is 0 Å². The van der Waals surface area contributed by atoms with E-state index in [0.717, 1.165) is 22.5 Å². The van der Waals surface area contributed by atoms with Gasteiger partial charge in [0.25, 0.3) is 5.91 Å². The third kappa shape index (κ3) is 4.41. The summed E-state index contributed by atoms with van der Waals surface area (Å²) < 4.78 is 0. The number of nitrogen functional groups attached to an aromatic ring is 1. The number of carbonyl (C=O) groups excluding carboxylic acids is 1. The Morgan fingerprint density at radius 3 is 2.67 bits per heavy atom. The zero-order valence-electron chi connectivity index (χ0n) is 16.3. The molecule has 0 unspecified atom stereocenters. The number of carbonyl (C=O) groups is 1. The summed E-state index contributed by atoms with van der Waals surface area (Å²) in [5.41, 5.74) is 11.0. The number of amides is 1. The lowest BCUT2D eigenvalue weighted by molar-refractivity contribution is 0.102. The molecule has 0 aliphatic heterocycles. The maximum atomic E-state index is 12.4. The lowest BCUT2D eigenvalue weighted by atomic mass is 10.1. The van der Waals surface area contributed by atoms with E-state index in [0.29, 0.717) is 22.9 Å². The van der Waals surface area contributed by atoms with E-state index >= 15 is 0 Å². The molecular weight excluding hydrogens is 376 g/mol. The Morgan fingerprint density at radius 2 is 1.90 bits per heavy atom. The molecule has 4 N–H and O–H groups in total. The zero-order chi connectivity index (χ0) is 20.9. The molecular formula is C23H20N6O. The summed E-state index contributed by atoms with van der Waals surface area (Å²) in [6.07, 6.45) is 5.18. The van der Waals surface area contributed by atoms with E-state index in [2.05, 4.69) is 25.6 Å². The van der Waals surface area contributed by atoms with Crippen LogP contribution in [-0.4, -0.2) is 20.9 Å². The number of benzene rings is 2. The summed E-state index contributed by atoms with van der Waals surface area (Å²) in [5.74, 6) is 0.269. The minimum absolute atomic E-state index is 0.213. The molecule has 0 saturated heterocycles. The fourth-order valence-corrected chi connectivity index (χ4v) is 2.98. The van der Waals surface area contributed by atoms with Crippen LogP contribution in [0.15, 0.2) is 79.3 Å². The van der Waals surface area contributed by atoms with E-state index in [4.69, 9.17) is 5.73 Å². The van der Waals surface area contributed by atoms with Gasteiger partial charge < -0.3 is 16.4 Å². The first kappa shape index (κ1) is 19.1. The van der Waals surface area contributed by atoms with Crippen LogP contribution in [0.3, 0.4) is 0 Å². The molecule has 0 bridgehead atoms. The molecule has 0 aliphatic rings. The summed E-state index contributed by atoms with van der Waals surface area (Å²) >= 11 is 0. The summed E-state index contributed by atoms with van der Waals surface area (Å²) in [6, 6.07) is 18.1. The van der Waals surface area contributed by atoms with Crippen molar-refractivity contribution in [3.05, 3.63) is 90.4 Å². The van der Waals surface area contributed by atoms with Gasteiger partial charge in [-0.1, -0.05) is 6.07 Å². The molecule has 4 aromatic rings. The van der Waals surface area contributed by atoms with Gasteiger partial charge in [0.1, 0.15) is 0 Å². The number of aryl methyl sites for hydroxylation is 1. The summed E-state index contributed by atoms with van der Waals surface area (Å²) in [7, 11) is 0. The smallest absolute Gasteiger partial charge is 0.255 e. The Labute approximate surface area is 174 Å². The van der Waals surface area contributed by atoms with Gasteiger partial charge in [-0.05, 0) is 67.1 Å². The van der Waals surface area contributed by atoms with Crippen molar-refractivity contribution in [2.75, 3.05) is 16.4 Å². The van der Waals surface area contributed by atoms with Crippen molar-refractivity contribution >= 4 is 28.9 Å². The Morgan fingerprint density at radius 1 is 1.00 bits per heavy atom. The third-order valence-electron chi connectivity index (χ3n) is 4.49. The van der Waals surface area contributed by atoms with Gasteiger partial charge in [-0.25, -0.2) is 9.97 Å². The van der Waals surface area contributed by atoms with Crippen LogP contribution in [0, 0.1) is 6.92 Å². The maximum absolute atomic E-state index is 12.4. The molecule has 1 amide bonds. The lowest BCUT2D eigenvalue weighted by Crippen LogP contribution is -2.12. The number of nitrogens with zero attached hydrogens (tertiary/aromatic N) is 3. The van der Waals surface area contributed by atoms with E-state index in [-0.39, 0.29) is 5.91 Å². The first-order valence-electron chi connectivity index (χ1n) is 9.36. The SMILES string of the molecule is Cc1cc(NC(=O)c2cccc(N)c2)ccc1Nc1nccc(-c2cccnc2)n1. The van der Waals surface area contributed by atoms with Crippen LogP contribution in [-0.2, 0) is 0 Å². The normalized spacial score (nSPS) is 10.4. The van der Waals surface area contributed by atoms with E-state index in [1.807, 2.05) is 43.3 Å². The van der Waals surface area contributed by atoms with Gasteiger partial charge in [-0.3, -0.25) is 9.78 Å². The van der Waals surface area contributed by atoms with E-state index in [9.17, 15) is 4.79 Å². The number of nitrogens with two attached hydrogens (primary N) is 1. The minimum Gasteiger partial charge on any atom is -0.399 e. The number of pyridine rings is 1. The van der Waals surface area contributed by atoms with Crippen molar-refractivity contribution in [1.29, 1.82) is 0 Å². The number of anilines is 4. The molecule has 2 aromatic heterocycles. The highest BCUT2D eigenvalue weighted by Gasteiger charge is 2.09. The molecule has 0 spiro atoms. The molecule has 7 heteroatoms. The fourth-order valence-electron chi connectivity index (χ4n) is 2.98. The van der Waals surface area contributed by atoms with Crippen LogP contribution in [0.5, 0.6) is 0 Å². The van der Waals surface area contributed by atoms with Crippen LogP contribution in [0.1, 0.15) is 15.9 Å². The third-order valence-corrected chi connectivity index (χ3v) is 4.49. The molecule has 30 heavy (non-hydrogen) atoms. The minimum atomic E-state index is -0.213. The van der Waals surface area contributed by atoms with Gasteiger partial charge in [0.2, 0.25) is 5.95 Å². The monoisotopic (exact) mass is 396 g/mol. The van der Waals surface area contributed by atoms with Crippen LogP contribution in [0.25, 0.3) is 11.3 Å². The Balaban J connectivity index is 1.49. The standard InChI is InChI=1S/C23H20N6O/c1-15-12-19(27-22(30)16-4-2-6-18(24)13-16)7-8-20(15)28-23-26-11-9-21(29-23)17-5-3-10-25-14-17/h2-14H,24H2,1H3,(H,27,30)(H,26,28,29). The highest BCUT2D eigenvalue weighted by molar-refractivity contribution is 6.04. The van der Waals surface area contributed by atoms with E-state index in [1.54, 1.807) is 42.9 Å². The number of aromatic nitrogens is 3. The second kappa shape index (κ2) is 8.40. The summed E-state index contributed by atoms with van der Waals surface area (Å²) in [5, 5.41) is 6.12. The molecule has 2 aromatic carbocycles. The highest BCUT2D eigenvalue weighted by atomic mass is 16.1. The average molecular weight is 396 g/mol. The van der Waals surface area contributed by atoms with Gasteiger partial charge in [0.05, 0.1) is 5.69 Å². The number of nitrogens with one attached hydrogen (secondary N) is 2. The molecule has 4 rings (SSSR count). The largest absolute Gasteiger partial charge is 0.399 e. The number of rotatable bonds is 5. The van der Waals surface area contributed by atoms with Crippen molar-refractivity contribution in [2.24, 2.45) is 0 Å². The molecule has 148 valence electrons. The summed E-state index contributed by atoms with van der Waals surface area (Å²) in [4.78, 5) is 25.4. The average Bonchev–Trinajstić information content (AvgIpc) is 2.76. The van der Waals surface area contributed by atoms with Gasteiger partial charge >= 0.3 is 0 Å². The maximum Gasteiger partial charge on any atom is 0.255 e. The Kier molecular flexibility index (Phi) is 5.34. The van der Waals surface area contributed by atoms with Crippen molar-refractivity contribution in [3.8, 4) is 11.3 Å². The first-order chi connectivity index (χ1) is 14.6. The van der Waals surface area contributed by atoms with Crippen molar-refractivity contribution in [1.82, 2.24) is 15.0 Å². The lowest BCUT2D eigenvalue weighted by Gasteiger charge is -2.12. The highest BCUT2D eigenvalue weighted by Crippen LogP contribution is 2.24. The second-order valence-electron chi connectivity index (χ2n) is 6.74. The number of hydrogen-bond donors (Lipinski definition) is 3. The Hall–Kier alpha value is -4.26. The molecule has 0 aliphatic carbocycles. The van der Waals surface area contributed by atoms with Crippen molar-refractivity contribution in [3.63, 3.8) is 0 Å². The number of hydrogen-bond acceptors (Lipinski definition) is 6. The predicted octanol–water partition coefficient (Wildman–Crippen LogP) is 4.43. The van der Waals surface area contributed by atoms with Crippen molar-refractivity contribution < 1.29 is 4.79 Å². The van der Waals surface area contributed by atoms with Crippen molar-refractivity contribution in [2.45, 2.75) is 6.92 Å². The first-order valence-corrected chi connectivity index (χ1v) is 9.36. The van der Waals surface area contributed by atoms with Crippen LogP contribution in [0.2, 0.25) is 0 Å². The quantitative estimate of drug-likeness (QED) is 0.431. The fraction of sp³-hybridized carbons (Fsp3) is 0.0435. The molecule has 0 fully saturated rings. The molecule has 0 saturated carbocycles. The van der Waals surface area contributed by atoms with Gasteiger partial charge in [0, 0.05) is 46.8 Å². The molecule has 2 heterocycles. The zero-order valence-corrected chi connectivity index (χ0v) is 16.3. The van der Waals surface area contributed by atoms with E-state index < -0.39 is 0 Å². The predicted molar refractivity (Wildman–Crippen MR) is 119 cm³/mol. The molecule has 0 atom stereocenters. The topological polar surface area (TPSA) is 106 Å². The van der Waals surface area contributed by atoms with Crippen LogP contribution < -0.4 is 16.4 Å². The Bertz CT molecular complexity index is 1190. The molecule has 7 nitrogen and oxygen atoms in total.